The number of rotatable bonds is 3. The van der Waals surface area contributed by atoms with E-state index >= 15 is 0 Å². The number of allylic oxidation sites excluding steroid dienone is 2. The molecule has 0 radical (unpaired) electrons. The zero-order valence-electron chi connectivity index (χ0n) is 8.91. The molecule has 1 unspecified atom stereocenters. The first kappa shape index (κ1) is 11.5. The Morgan fingerprint density at radius 3 is 2.80 bits per heavy atom. The lowest BCUT2D eigenvalue weighted by molar-refractivity contribution is -0.132. The molecule has 0 heterocycles. The summed E-state index contributed by atoms with van der Waals surface area (Å²) in [7, 11) is 0. The van der Waals surface area contributed by atoms with Crippen molar-refractivity contribution in [3.8, 4) is 0 Å². The molecule has 4 heteroatoms. The van der Waals surface area contributed by atoms with E-state index in [-0.39, 0.29) is 17.4 Å². The number of nitrogens with one attached hydrogen (secondary N) is 1. The maximum atomic E-state index is 11.1. The van der Waals surface area contributed by atoms with Crippen LogP contribution < -0.4 is 5.32 Å². The Hall–Kier alpha value is -1.58. The predicted molar refractivity (Wildman–Crippen MR) is 56.0 cm³/mol. The molecule has 2 N–H and O–H groups in total. The second-order valence-electron chi connectivity index (χ2n) is 3.68. The zero-order valence-corrected chi connectivity index (χ0v) is 8.91. The lowest BCUT2D eigenvalue weighted by Gasteiger charge is -2.17. The highest BCUT2D eigenvalue weighted by Gasteiger charge is 2.16. The van der Waals surface area contributed by atoms with Gasteiger partial charge in [0.15, 0.2) is 0 Å². The van der Waals surface area contributed by atoms with Crippen molar-refractivity contribution in [1.29, 1.82) is 0 Å². The Morgan fingerprint density at radius 2 is 2.27 bits per heavy atom. The summed E-state index contributed by atoms with van der Waals surface area (Å²) in [6, 6.07) is 0. The van der Waals surface area contributed by atoms with Gasteiger partial charge in [0, 0.05) is 12.1 Å². The third kappa shape index (κ3) is 3.23. The third-order valence-corrected chi connectivity index (χ3v) is 2.20. The van der Waals surface area contributed by atoms with Crippen LogP contribution in [0.5, 0.6) is 0 Å². The lowest BCUT2D eigenvalue weighted by atomic mass is 9.95. The van der Waals surface area contributed by atoms with Gasteiger partial charge in [-0.25, -0.2) is 4.79 Å². The molecule has 4 nitrogen and oxygen atoms in total. The molecule has 1 amide bonds. The number of amides is 1. The molecule has 0 aliphatic heterocycles. The van der Waals surface area contributed by atoms with Crippen LogP contribution in [0.1, 0.15) is 26.7 Å². The van der Waals surface area contributed by atoms with Gasteiger partial charge < -0.3 is 10.4 Å². The topological polar surface area (TPSA) is 66.4 Å². The quantitative estimate of drug-likeness (QED) is 0.739. The average molecular weight is 209 g/mol. The van der Waals surface area contributed by atoms with Gasteiger partial charge in [0.25, 0.3) is 0 Å². The van der Waals surface area contributed by atoms with Gasteiger partial charge in [0.2, 0.25) is 5.91 Å². The van der Waals surface area contributed by atoms with Crippen LogP contribution in [0.4, 0.5) is 0 Å². The minimum Gasteiger partial charge on any atom is -0.478 e. The van der Waals surface area contributed by atoms with Gasteiger partial charge in [-0.2, -0.15) is 0 Å². The highest BCUT2D eigenvalue weighted by molar-refractivity contribution is 5.90. The van der Waals surface area contributed by atoms with E-state index in [0.29, 0.717) is 18.5 Å². The van der Waals surface area contributed by atoms with E-state index in [1.165, 1.54) is 6.08 Å². The Morgan fingerprint density at radius 1 is 1.60 bits per heavy atom. The number of carbonyl (C=O) groups is 2. The number of carboxylic acid groups (broad SMARTS) is 1. The van der Waals surface area contributed by atoms with Crippen molar-refractivity contribution in [2.45, 2.75) is 26.7 Å². The summed E-state index contributed by atoms with van der Waals surface area (Å²) in [5, 5.41) is 11.5. The molecular formula is C11H15NO3. The molecule has 0 aromatic heterocycles. The molecule has 1 aliphatic rings. The lowest BCUT2D eigenvalue weighted by Crippen LogP contribution is -2.24. The van der Waals surface area contributed by atoms with E-state index in [4.69, 9.17) is 5.11 Å². The molecule has 15 heavy (non-hydrogen) atoms. The summed E-state index contributed by atoms with van der Waals surface area (Å²) in [6.45, 7) is 3.68. The van der Waals surface area contributed by atoms with Gasteiger partial charge >= 0.3 is 5.97 Å². The molecule has 0 saturated carbocycles. The molecule has 82 valence electrons. The first-order valence-electron chi connectivity index (χ1n) is 4.98. The van der Waals surface area contributed by atoms with Gasteiger partial charge in [-0.15, -0.1) is 0 Å². The minimum atomic E-state index is -0.954. The zero-order chi connectivity index (χ0) is 11.4. The molecular weight excluding hydrogens is 194 g/mol. The van der Waals surface area contributed by atoms with Crippen LogP contribution in [0.2, 0.25) is 0 Å². The van der Waals surface area contributed by atoms with E-state index < -0.39 is 5.97 Å². The second kappa shape index (κ2) is 4.77. The van der Waals surface area contributed by atoms with Crippen molar-refractivity contribution in [1.82, 2.24) is 5.32 Å². The number of aliphatic carboxylic acids is 1. The standard InChI is InChI=1S/C11H15NO3/c1-3-10(13)12-9-5-7(2)4-8(6-9)11(14)15/h4,6-7H,3,5H2,1-2H3,(H,12,13)(H,14,15). The molecule has 1 aliphatic carbocycles. The molecule has 0 saturated heterocycles. The van der Waals surface area contributed by atoms with Gasteiger partial charge in [0.05, 0.1) is 5.57 Å². The largest absolute Gasteiger partial charge is 0.478 e. The van der Waals surface area contributed by atoms with Gasteiger partial charge in [-0.3, -0.25) is 4.79 Å². The van der Waals surface area contributed by atoms with Crippen LogP contribution in [0.25, 0.3) is 0 Å². The van der Waals surface area contributed by atoms with E-state index in [9.17, 15) is 9.59 Å². The summed E-state index contributed by atoms with van der Waals surface area (Å²) in [4.78, 5) is 21.9. The summed E-state index contributed by atoms with van der Waals surface area (Å²) in [5.41, 5.74) is 0.939. The number of hydrogen-bond donors (Lipinski definition) is 2. The van der Waals surface area contributed by atoms with E-state index in [1.54, 1.807) is 13.0 Å². The number of carboxylic acids is 1. The Balaban J connectivity index is 2.78. The summed E-state index contributed by atoms with van der Waals surface area (Å²) < 4.78 is 0. The van der Waals surface area contributed by atoms with Crippen molar-refractivity contribution in [2.24, 2.45) is 5.92 Å². The second-order valence-corrected chi connectivity index (χ2v) is 3.68. The monoisotopic (exact) mass is 209 g/mol. The van der Waals surface area contributed by atoms with Crippen LogP contribution in [0.3, 0.4) is 0 Å². The smallest absolute Gasteiger partial charge is 0.335 e. The fraction of sp³-hybridized carbons (Fsp3) is 0.455. The molecule has 0 bridgehead atoms. The average Bonchev–Trinajstić information content (AvgIpc) is 2.16. The van der Waals surface area contributed by atoms with E-state index in [0.717, 1.165) is 0 Å². The first-order valence-corrected chi connectivity index (χ1v) is 4.98. The van der Waals surface area contributed by atoms with Crippen LogP contribution >= 0.6 is 0 Å². The van der Waals surface area contributed by atoms with Gasteiger partial charge in [-0.1, -0.05) is 19.9 Å². The van der Waals surface area contributed by atoms with Crippen molar-refractivity contribution in [3.05, 3.63) is 23.4 Å². The maximum absolute atomic E-state index is 11.1. The fourth-order valence-corrected chi connectivity index (χ4v) is 1.49. The molecule has 1 rings (SSSR count). The minimum absolute atomic E-state index is 0.0833. The van der Waals surface area contributed by atoms with E-state index in [2.05, 4.69) is 5.32 Å². The van der Waals surface area contributed by atoms with Crippen LogP contribution in [-0.2, 0) is 9.59 Å². The summed E-state index contributed by atoms with van der Waals surface area (Å²) in [5.74, 6) is -0.891. The van der Waals surface area contributed by atoms with Crippen LogP contribution in [0.15, 0.2) is 23.4 Å². The normalized spacial score (nSPS) is 20.3. The highest BCUT2D eigenvalue weighted by atomic mass is 16.4. The third-order valence-electron chi connectivity index (χ3n) is 2.20. The van der Waals surface area contributed by atoms with Crippen molar-refractivity contribution < 1.29 is 14.7 Å². The first-order chi connectivity index (χ1) is 7.02. The fourth-order valence-electron chi connectivity index (χ4n) is 1.49. The highest BCUT2D eigenvalue weighted by Crippen LogP contribution is 2.20. The predicted octanol–water partition coefficient (Wildman–Crippen LogP) is 1.45. The van der Waals surface area contributed by atoms with Crippen LogP contribution in [-0.4, -0.2) is 17.0 Å². The van der Waals surface area contributed by atoms with Crippen molar-refractivity contribution >= 4 is 11.9 Å². The van der Waals surface area contributed by atoms with Crippen molar-refractivity contribution in [3.63, 3.8) is 0 Å². The number of hydrogen-bond acceptors (Lipinski definition) is 2. The Labute approximate surface area is 88.7 Å². The van der Waals surface area contributed by atoms with Gasteiger partial charge in [-0.05, 0) is 18.4 Å². The molecule has 1 atom stereocenters. The van der Waals surface area contributed by atoms with E-state index in [1.807, 2.05) is 6.92 Å². The molecule has 0 aromatic carbocycles. The maximum Gasteiger partial charge on any atom is 0.335 e. The van der Waals surface area contributed by atoms with Crippen molar-refractivity contribution in [2.75, 3.05) is 0 Å². The molecule has 0 spiro atoms. The van der Waals surface area contributed by atoms with Gasteiger partial charge in [0.1, 0.15) is 0 Å². The Kier molecular flexibility index (Phi) is 3.66. The SMILES string of the molecule is CCC(=O)NC1=CC(C(=O)O)=CC(C)C1. The summed E-state index contributed by atoms with van der Waals surface area (Å²) >= 11 is 0. The summed E-state index contributed by atoms with van der Waals surface area (Å²) in [6.07, 6.45) is 4.31. The Bertz CT molecular complexity index is 342. The molecule has 0 aromatic rings. The molecule has 0 fully saturated rings. The number of carbonyl (C=O) groups excluding carboxylic acids is 1. The van der Waals surface area contributed by atoms with Crippen LogP contribution in [0, 0.1) is 5.92 Å².